The Morgan fingerprint density at radius 3 is 2.22 bits per heavy atom. The standard InChI is InChI=1S/C25H27ClN2O3S/c1-15-8-6-7-9-23(15)28-32(30,31)24-14-20(10-11-22(24)26)25(29)27-19(5)21-13-17(3)16(2)12-18(21)4/h6-14,19,28H,1-5H3,(H,27,29)/t19-/m0/s1. The molecule has 0 aromatic heterocycles. The van der Waals surface area contributed by atoms with Crippen molar-refractivity contribution in [3.8, 4) is 0 Å². The molecular weight excluding hydrogens is 444 g/mol. The van der Waals surface area contributed by atoms with Crippen molar-refractivity contribution >= 4 is 33.2 Å². The summed E-state index contributed by atoms with van der Waals surface area (Å²) in [5.41, 5.74) is 5.89. The lowest BCUT2D eigenvalue weighted by molar-refractivity contribution is 0.0939. The Labute approximate surface area is 194 Å². The van der Waals surface area contributed by atoms with E-state index in [2.05, 4.69) is 29.1 Å². The van der Waals surface area contributed by atoms with Crippen LogP contribution in [0.25, 0.3) is 0 Å². The SMILES string of the molecule is Cc1cc(C)c([C@H](C)NC(=O)c2ccc(Cl)c(S(=O)(=O)Nc3ccccc3C)c2)cc1C. The number of carbonyl (C=O) groups is 1. The number of para-hydroxylation sites is 1. The van der Waals surface area contributed by atoms with Crippen LogP contribution in [0.3, 0.4) is 0 Å². The Kier molecular flexibility index (Phi) is 6.96. The van der Waals surface area contributed by atoms with E-state index < -0.39 is 10.0 Å². The molecule has 0 aliphatic rings. The highest BCUT2D eigenvalue weighted by Crippen LogP contribution is 2.27. The van der Waals surface area contributed by atoms with E-state index in [1.54, 1.807) is 25.1 Å². The first-order valence-corrected chi connectivity index (χ1v) is 12.1. The lowest BCUT2D eigenvalue weighted by Crippen LogP contribution is -2.27. The summed E-state index contributed by atoms with van der Waals surface area (Å²) in [4.78, 5) is 12.8. The van der Waals surface area contributed by atoms with Crippen molar-refractivity contribution in [3.05, 3.63) is 93.0 Å². The number of rotatable bonds is 6. The summed E-state index contributed by atoms with van der Waals surface area (Å²) in [5.74, 6) is -0.376. The Bertz CT molecular complexity index is 1290. The van der Waals surface area contributed by atoms with Crippen molar-refractivity contribution in [2.75, 3.05) is 4.72 Å². The van der Waals surface area contributed by atoms with Gasteiger partial charge in [-0.2, -0.15) is 0 Å². The van der Waals surface area contributed by atoms with Gasteiger partial charge in [-0.3, -0.25) is 9.52 Å². The highest BCUT2D eigenvalue weighted by atomic mass is 35.5. The highest BCUT2D eigenvalue weighted by molar-refractivity contribution is 7.92. The number of halogens is 1. The second-order valence-electron chi connectivity index (χ2n) is 8.05. The molecule has 0 aliphatic heterocycles. The van der Waals surface area contributed by atoms with Gasteiger partial charge in [0.05, 0.1) is 16.8 Å². The van der Waals surface area contributed by atoms with E-state index in [-0.39, 0.29) is 27.4 Å². The van der Waals surface area contributed by atoms with E-state index in [0.717, 1.165) is 22.3 Å². The molecular formula is C25H27ClN2O3S. The Balaban J connectivity index is 1.87. The van der Waals surface area contributed by atoms with Gasteiger partial charge in [-0.05, 0) is 86.7 Å². The maximum Gasteiger partial charge on any atom is 0.263 e. The lowest BCUT2D eigenvalue weighted by Gasteiger charge is -2.19. The summed E-state index contributed by atoms with van der Waals surface area (Å²) in [6, 6.07) is 15.2. The van der Waals surface area contributed by atoms with Crippen LogP contribution in [0.5, 0.6) is 0 Å². The molecule has 0 radical (unpaired) electrons. The average molecular weight is 471 g/mol. The lowest BCUT2D eigenvalue weighted by atomic mass is 9.96. The van der Waals surface area contributed by atoms with E-state index in [1.807, 2.05) is 26.8 Å². The summed E-state index contributed by atoms with van der Waals surface area (Å²) < 4.78 is 28.5. The monoisotopic (exact) mass is 470 g/mol. The zero-order chi connectivity index (χ0) is 23.6. The van der Waals surface area contributed by atoms with Crippen molar-refractivity contribution in [1.29, 1.82) is 0 Å². The highest BCUT2D eigenvalue weighted by Gasteiger charge is 2.22. The van der Waals surface area contributed by atoms with Gasteiger partial charge < -0.3 is 5.32 Å². The van der Waals surface area contributed by atoms with Crippen LogP contribution in [0.2, 0.25) is 5.02 Å². The van der Waals surface area contributed by atoms with Crippen LogP contribution in [0.4, 0.5) is 5.69 Å². The van der Waals surface area contributed by atoms with E-state index in [9.17, 15) is 13.2 Å². The second kappa shape index (κ2) is 9.35. The molecule has 0 unspecified atom stereocenters. The fraction of sp³-hybridized carbons (Fsp3) is 0.240. The van der Waals surface area contributed by atoms with Crippen LogP contribution in [-0.4, -0.2) is 14.3 Å². The first kappa shape index (κ1) is 23.8. The quantitative estimate of drug-likeness (QED) is 0.473. The molecule has 5 nitrogen and oxygen atoms in total. The molecule has 0 bridgehead atoms. The van der Waals surface area contributed by atoms with Gasteiger partial charge in [-0.15, -0.1) is 0 Å². The molecule has 1 amide bonds. The van der Waals surface area contributed by atoms with Gasteiger partial charge >= 0.3 is 0 Å². The van der Waals surface area contributed by atoms with E-state index in [1.165, 1.54) is 23.8 Å². The largest absolute Gasteiger partial charge is 0.346 e. The first-order valence-electron chi connectivity index (χ1n) is 10.3. The van der Waals surface area contributed by atoms with Crippen molar-refractivity contribution in [2.45, 2.75) is 45.6 Å². The number of sulfonamides is 1. The summed E-state index contributed by atoms with van der Waals surface area (Å²) in [7, 11) is -3.98. The fourth-order valence-corrected chi connectivity index (χ4v) is 5.20. The maximum absolute atomic E-state index is 13.0. The third-order valence-electron chi connectivity index (χ3n) is 5.57. The first-order chi connectivity index (χ1) is 15.0. The van der Waals surface area contributed by atoms with E-state index in [4.69, 9.17) is 11.6 Å². The number of benzene rings is 3. The summed E-state index contributed by atoms with van der Waals surface area (Å²) in [5, 5.41) is 3.00. The van der Waals surface area contributed by atoms with Crippen molar-refractivity contribution < 1.29 is 13.2 Å². The normalized spacial score (nSPS) is 12.3. The van der Waals surface area contributed by atoms with Crippen LogP contribution in [-0.2, 0) is 10.0 Å². The Hall–Kier alpha value is -2.83. The van der Waals surface area contributed by atoms with Gasteiger partial charge in [0, 0.05) is 5.56 Å². The summed E-state index contributed by atoms with van der Waals surface area (Å²) >= 11 is 6.20. The van der Waals surface area contributed by atoms with Crippen molar-refractivity contribution in [3.63, 3.8) is 0 Å². The molecule has 0 aliphatic carbocycles. The number of hydrogen-bond donors (Lipinski definition) is 2. The van der Waals surface area contributed by atoms with Gasteiger partial charge in [-0.1, -0.05) is 41.9 Å². The minimum atomic E-state index is -3.98. The topological polar surface area (TPSA) is 75.3 Å². The number of aryl methyl sites for hydroxylation is 4. The summed E-state index contributed by atoms with van der Waals surface area (Å²) in [6.45, 7) is 9.80. The predicted molar refractivity (Wildman–Crippen MR) is 130 cm³/mol. The zero-order valence-corrected chi connectivity index (χ0v) is 20.4. The number of nitrogens with one attached hydrogen (secondary N) is 2. The second-order valence-corrected chi connectivity index (χ2v) is 10.1. The molecule has 168 valence electrons. The predicted octanol–water partition coefficient (Wildman–Crippen LogP) is 5.87. The molecule has 3 rings (SSSR count). The smallest absolute Gasteiger partial charge is 0.263 e. The molecule has 0 saturated heterocycles. The molecule has 1 atom stereocenters. The van der Waals surface area contributed by atoms with E-state index >= 15 is 0 Å². The summed E-state index contributed by atoms with van der Waals surface area (Å²) in [6.07, 6.45) is 0. The molecule has 7 heteroatoms. The van der Waals surface area contributed by atoms with Gasteiger partial charge in [-0.25, -0.2) is 8.42 Å². The maximum atomic E-state index is 13.0. The van der Waals surface area contributed by atoms with Crippen LogP contribution in [0.1, 0.15) is 51.1 Å². The fourth-order valence-electron chi connectivity index (χ4n) is 3.54. The third-order valence-corrected chi connectivity index (χ3v) is 7.42. The molecule has 0 fully saturated rings. The molecule has 3 aromatic carbocycles. The van der Waals surface area contributed by atoms with Crippen molar-refractivity contribution in [2.24, 2.45) is 0 Å². The number of carbonyl (C=O) groups excluding carboxylic acids is 1. The van der Waals surface area contributed by atoms with Gasteiger partial charge in [0.25, 0.3) is 15.9 Å². The molecule has 0 heterocycles. The van der Waals surface area contributed by atoms with Crippen LogP contribution >= 0.6 is 11.6 Å². The third kappa shape index (κ3) is 5.14. The molecule has 32 heavy (non-hydrogen) atoms. The van der Waals surface area contributed by atoms with Crippen LogP contribution in [0.15, 0.2) is 59.5 Å². The molecule has 0 spiro atoms. The molecule has 0 saturated carbocycles. The van der Waals surface area contributed by atoms with Crippen molar-refractivity contribution in [1.82, 2.24) is 5.32 Å². The van der Waals surface area contributed by atoms with Crippen LogP contribution in [0, 0.1) is 27.7 Å². The average Bonchev–Trinajstić information content (AvgIpc) is 2.72. The van der Waals surface area contributed by atoms with Gasteiger partial charge in [0.1, 0.15) is 4.90 Å². The minimum absolute atomic E-state index is 0.0423. The zero-order valence-electron chi connectivity index (χ0n) is 18.8. The van der Waals surface area contributed by atoms with Gasteiger partial charge in [0.2, 0.25) is 0 Å². The number of hydrogen-bond acceptors (Lipinski definition) is 3. The van der Waals surface area contributed by atoms with Gasteiger partial charge in [0.15, 0.2) is 0 Å². The minimum Gasteiger partial charge on any atom is -0.346 e. The number of anilines is 1. The molecule has 2 N–H and O–H groups in total. The Morgan fingerprint density at radius 1 is 0.875 bits per heavy atom. The Morgan fingerprint density at radius 2 is 1.53 bits per heavy atom. The van der Waals surface area contributed by atoms with E-state index in [0.29, 0.717) is 5.69 Å². The van der Waals surface area contributed by atoms with Crippen LogP contribution < -0.4 is 10.0 Å². The molecule has 3 aromatic rings. The number of amides is 1.